The van der Waals surface area contributed by atoms with E-state index >= 15 is 0 Å². The average molecular weight is 641 g/mol. The smallest absolute Gasteiger partial charge is 0.487 e. The van der Waals surface area contributed by atoms with Crippen LogP contribution in [0.5, 0.6) is 17.2 Å². The molecule has 0 N–H and O–H groups in total. The van der Waals surface area contributed by atoms with Crippen LogP contribution in [0.15, 0.2) is 42.5 Å². The molecular formula is C27H16BF12NO3. The summed E-state index contributed by atoms with van der Waals surface area (Å²) in [4.78, 5) is 0. The van der Waals surface area contributed by atoms with E-state index < -0.39 is 100 Å². The van der Waals surface area contributed by atoms with E-state index in [1.54, 1.807) is 0 Å². The van der Waals surface area contributed by atoms with Gasteiger partial charge in [0.05, 0.1) is 32.8 Å². The highest BCUT2D eigenvalue weighted by Gasteiger charge is 2.37. The number of halogens is 12. The summed E-state index contributed by atoms with van der Waals surface area (Å²) in [7, 11) is 1.62. The molecule has 0 aliphatic carbocycles. The van der Waals surface area contributed by atoms with Crippen LogP contribution in [0.1, 0.15) is 0 Å². The van der Waals surface area contributed by atoms with Gasteiger partial charge in [0.1, 0.15) is 11.5 Å². The molecule has 0 aliphatic heterocycles. The maximum Gasteiger partial charge on any atom is 0.864 e. The first-order valence-corrected chi connectivity index (χ1v) is 11.7. The second-order valence-corrected chi connectivity index (χ2v) is 9.29. The van der Waals surface area contributed by atoms with Crippen molar-refractivity contribution in [1.29, 1.82) is 0 Å². The third-order valence-corrected chi connectivity index (χ3v) is 5.33. The van der Waals surface area contributed by atoms with Crippen LogP contribution in [0, 0.1) is 75.9 Å². The molecule has 0 amide bonds. The van der Waals surface area contributed by atoms with Crippen LogP contribution < -0.4 is 18.4 Å². The second-order valence-electron chi connectivity index (χ2n) is 9.29. The fourth-order valence-corrected chi connectivity index (χ4v) is 3.15. The van der Waals surface area contributed by atoms with Crippen molar-refractivity contribution < 1.29 is 66.6 Å². The molecule has 4 nitrogen and oxygen atoms in total. The van der Waals surface area contributed by atoms with Gasteiger partial charge in [-0.05, 0) is 24.3 Å². The van der Waals surface area contributed by atoms with Crippen molar-refractivity contribution in [2.45, 2.75) is 0 Å². The highest BCUT2D eigenvalue weighted by molar-refractivity contribution is 6.39. The molecule has 0 bridgehead atoms. The second kappa shape index (κ2) is 13.4. The number of quaternary nitrogens is 1. The monoisotopic (exact) mass is 641 g/mol. The minimum absolute atomic E-state index is 0.388. The van der Waals surface area contributed by atoms with E-state index in [2.05, 4.69) is 0 Å². The van der Waals surface area contributed by atoms with Gasteiger partial charge in [-0.15, -0.1) is 12.1 Å². The SMILES string of the molecule is C[N+](C)(C)c1cc(OB(Oc2ccc(F)c(F)c2F)Oc2ccc(F)c(F)c2F)c(F)c(F)c1F.Fc1[c-]ccc(F)c1F. The molecule has 0 saturated heterocycles. The van der Waals surface area contributed by atoms with E-state index in [1.165, 1.54) is 21.1 Å². The zero-order chi connectivity index (χ0) is 33.1. The zero-order valence-electron chi connectivity index (χ0n) is 22.3. The van der Waals surface area contributed by atoms with Gasteiger partial charge in [0, 0.05) is 11.9 Å². The zero-order valence-corrected chi connectivity index (χ0v) is 22.3. The van der Waals surface area contributed by atoms with Crippen LogP contribution in [0.4, 0.5) is 58.4 Å². The summed E-state index contributed by atoms with van der Waals surface area (Å²) < 4.78 is 175. The summed E-state index contributed by atoms with van der Waals surface area (Å²) in [5, 5.41) is 0. The third-order valence-electron chi connectivity index (χ3n) is 5.33. The molecule has 17 heteroatoms. The lowest BCUT2D eigenvalue weighted by Crippen LogP contribution is -2.39. The van der Waals surface area contributed by atoms with Crippen molar-refractivity contribution in [1.82, 2.24) is 4.48 Å². The third kappa shape index (κ3) is 7.51. The van der Waals surface area contributed by atoms with Crippen LogP contribution in [0.2, 0.25) is 0 Å². The van der Waals surface area contributed by atoms with Crippen molar-refractivity contribution in [3.63, 3.8) is 0 Å². The molecule has 0 aromatic heterocycles. The summed E-state index contributed by atoms with van der Waals surface area (Å²) in [5.74, 6) is -23.7. The van der Waals surface area contributed by atoms with E-state index in [0.717, 1.165) is 12.1 Å². The van der Waals surface area contributed by atoms with Crippen LogP contribution >= 0.6 is 0 Å². The number of benzene rings is 4. The topological polar surface area (TPSA) is 27.7 Å². The van der Waals surface area contributed by atoms with E-state index in [4.69, 9.17) is 14.0 Å². The summed E-state index contributed by atoms with van der Waals surface area (Å²) in [6, 6.07) is 6.27. The summed E-state index contributed by atoms with van der Waals surface area (Å²) in [5.41, 5.74) is -0.448. The summed E-state index contributed by atoms with van der Waals surface area (Å²) >= 11 is 0. The Kier molecular flexibility index (Phi) is 10.3. The number of hydrogen-bond donors (Lipinski definition) is 0. The standard InChI is InChI=1S/C21H14BF9NO3.C6H2F3/c1-32(2,3)11-8-14(20(30)21(31)17(11)27)35-22(33-12-6-4-9(23)15(25)18(12)28)34-13-7-5-10(24)16(26)19(13)29;7-4-2-1-3-5(8)6(4)9/h4-8H,1-3H3;1-2H/q+1;-1. The van der Waals surface area contributed by atoms with Crippen LogP contribution in [-0.2, 0) is 0 Å². The van der Waals surface area contributed by atoms with Gasteiger partial charge in [0.15, 0.2) is 34.7 Å². The highest BCUT2D eigenvalue weighted by Crippen LogP contribution is 2.34. The predicted octanol–water partition coefficient (Wildman–Crippen LogP) is 7.56. The molecule has 0 aliphatic rings. The Morgan fingerprint density at radius 2 is 0.932 bits per heavy atom. The highest BCUT2D eigenvalue weighted by atomic mass is 19.2. The molecule has 0 unspecified atom stereocenters. The first kappa shape index (κ1) is 34.0. The Balaban J connectivity index is 0.000000502. The normalized spacial score (nSPS) is 11.1. The van der Waals surface area contributed by atoms with Gasteiger partial charge in [-0.1, -0.05) is 0 Å². The Morgan fingerprint density at radius 3 is 1.36 bits per heavy atom. The minimum Gasteiger partial charge on any atom is -0.487 e. The van der Waals surface area contributed by atoms with Crippen molar-refractivity contribution in [2.75, 3.05) is 21.1 Å². The first-order valence-electron chi connectivity index (χ1n) is 11.7. The molecule has 4 aromatic rings. The first-order chi connectivity index (χ1) is 20.4. The Morgan fingerprint density at radius 1 is 0.500 bits per heavy atom. The van der Waals surface area contributed by atoms with E-state index in [9.17, 15) is 52.7 Å². The lowest BCUT2D eigenvalue weighted by Gasteiger charge is -2.25. The van der Waals surface area contributed by atoms with Gasteiger partial charge in [0.2, 0.25) is 29.1 Å². The van der Waals surface area contributed by atoms with E-state index in [-0.39, 0.29) is 4.48 Å². The molecule has 44 heavy (non-hydrogen) atoms. The maximum absolute atomic E-state index is 14.4. The molecule has 0 fully saturated rings. The van der Waals surface area contributed by atoms with Gasteiger partial charge in [-0.3, -0.25) is 8.87 Å². The Labute approximate surface area is 241 Å². The average Bonchev–Trinajstić information content (AvgIpc) is 2.96. The Bertz CT molecular complexity index is 1600. The van der Waals surface area contributed by atoms with Crippen LogP contribution in [0.25, 0.3) is 0 Å². The van der Waals surface area contributed by atoms with E-state index in [1.807, 2.05) is 6.07 Å². The molecular weight excluding hydrogens is 625 g/mol. The summed E-state index contributed by atoms with van der Waals surface area (Å²) in [6.07, 6.45) is 0. The maximum atomic E-state index is 14.4. The molecule has 0 atom stereocenters. The van der Waals surface area contributed by atoms with Gasteiger partial charge in [-0.25, -0.2) is 30.7 Å². The molecule has 0 saturated carbocycles. The number of rotatable bonds is 7. The molecule has 0 heterocycles. The van der Waals surface area contributed by atoms with Crippen LogP contribution in [0.3, 0.4) is 0 Å². The molecule has 234 valence electrons. The van der Waals surface area contributed by atoms with Gasteiger partial charge >= 0.3 is 7.32 Å². The molecule has 4 aromatic carbocycles. The molecule has 0 spiro atoms. The number of nitrogens with zero attached hydrogens (tertiary/aromatic N) is 1. The van der Waals surface area contributed by atoms with Crippen molar-refractivity contribution >= 4 is 13.0 Å². The fraction of sp³-hybridized carbons (Fsp3) is 0.111. The van der Waals surface area contributed by atoms with Crippen molar-refractivity contribution in [3.8, 4) is 17.2 Å². The molecule has 0 radical (unpaired) electrons. The fourth-order valence-electron chi connectivity index (χ4n) is 3.15. The lowest BCUT2D eigenvalue weighted by molar-refractivity contribution is 0.277. The largest absolute Gasteiger partial charge is 0.864 e. The van der Waals surface area contributed by atoms with Crippen LogP contribution in [-0.4, -0.2) is 28.5 Å². The van der Waals surface area contributed by atoms with Gasteiger partial charge in [-0.2, -0.15) is 23.6 Å². The van der Waals surface area contributed by atoms with Gasteiger partial charge in [0.25, 0.3) is 0 Å². The number of hydrogen-bond acceptors (Lipinski definition) is 3. The van der Waals surface area contributed by atoms with Gasteiger partial charge < -0.3 is 14.0 Å². The van der Waals surface area contributed by atoms with Crippen molar-refractivity contribution in [2.24, 2.45) is 0 Å². The quantitative estimate of drug-likeness (QED) is 0.0686. The summed E-state index contributed by atoms with van der Waals surface area (Å²) in [6.45, 7) is 0. The van der Waals surface area contributed by atoms with Crippen molar-refractivity contribution in [3.05, 3.63) is 118 Å². The Hall–Kier alpha value is -4.54. The minimum atomic E-state index is -2.53. The lowest BCUT2D eigenvalue weighted by atomic mass is 10.1. The van der Waals surface area contributed by atoms with E-state index in [0.29, 0.717) is 30.3 Å². The molecule has 4 rings (SSSR count). The predicted molar refractivity (Wildman–Crippen MR) is 131 cm³/mol.